The van der Waals surface area contributed by atoms with Crippen LogP contribution in [0, 0.1) is 5.92 Å². The first-order valence-corrected chi connectivity index (χ1v) is 7.07. The molecule has 0 aromatic carbocycles. The minimum atomic E-state index is 0.304. The van der Waals surface area contributed by atoms with E-state index in [1.807, 2.05) is 24.9 Å². The predicted molar refractivity (Wildman–Crippen MR) is 74.5 cm³/mol. The Kier molecular flexibility index (Phi) is 4.30. The molecule has 5 nitrogen and oxygen atoms in total. The van der Waals surface area contributed by atoms with Crippen molar-refractivity contribution < 1.29 is 0 Å². The van der Waals surface area contributed by atoms with Gasteiger partial charge in [-0.1, -0.05) is 0 Å². The van der Waals surface area contributed by atoms with Gasteiger partial charge >= 0.3 is 0 Å². The molecule has 94 valence electrons. The molecular formula is C11H19N5S. The molecule has 2 rings (SSSR count). The van der Waals surface area contributed by atoms with Crippen molar-refractivity contribution in [3.63, 3.8) is 0 Å². The minimum absolute atomic E-state index is 0.304. The fraction of sp³-hybridized carbons (Fsp3) is 0.636. The first-order valence-electron chi connectivity index (χ1n) is 5.92. The molecule has 0 aliphatic carbocycles. The van der Waals surface area contributed by atoms with Gasteiger partial charge in [-0.2, -0.15) is 21.7 Å². The number of hydrogen-bond acceptors (Lipinski definition) is 6. The maximum atomic E-state index is 5.64. The van der Waals surface area contributed by atoms with Crippen LogP contribution >= 0.6 is 11.8 Å². The Morgan fingerprint density at radius 3 is 2.76 bits per heavy atom. The fourth-order valence-electron chi connectivity index (χ4n) is 1.88. The monoisotopic (exact) mass is 253 g/mol. The molecule has 0 radical (unpaired) electrons. The third-order valence-electron chi connectivity index (χ3n) is 2.91. The Labute approximate surface area is 106 Å². The van der Waals surface area contributed by atoms with Crippen LogP contribution in [0.2, 0.25) is 0 Å². The Morgan fingerprint density at radius 2 is 2.06 bits per heavy atom. The first-order chi connectivity index (χ1) is 8.28. The van der Waals surface area contributed by atoms with Crippen molar-refractivity contribution in [1.29, 1.82) is 0 Å². The molecule has 0 unspecified atom stereocenters. The molecule has 1 aliphatic heterocycles. The summed E-state index contributed by atoms with van der Waals surface area (Å²) in [6.45, 7) is 0.972. The highest BCUT2D eigenvalue weighted by molar-refractivity contribution is 7.99. The van der Waals surface area contributed by atoms with Crippen LogP contribution < -0.4 is 16.4 Å². The summed E-state index contributed by atoms with van der Waals surface area (Å²) in [4.78, 5) is 8.24. The second kappa shape index (κ2) is 5.95. The third kappa shape index (κ3) is 3.66. The van der Waals surface area contributed by atoms with Crippen molar-refractivity contribution in [3.8, 4) is 0 Å². The molecule has 1 saturated heterocycles. The number of nitrogens with zero attached hydrogens (tertiary/aromatic N) is 2. The van der Waals surface area contributed by atoms with Crippen LogP contribution in [0.1, 0.15) is 12.8 Å². The van der Waals surface area contributed by atoms with E-state index in [1.54, 1.807) is 0 Å². The van der Waals surface area contributed by atoms with Crippen molar-refractivity contribution in [2.45, 2.75) is 12.8 Å². The standard InChI is InChI=1S/C11H19N5S/c1-13-9-6-10(16-11(12)15-9)14-7-8-2-4-17-5-3-8/h6,8H,2-5,7H2,1H3,(H4,12,13,14,15,16). The van der Waals surface area contributed by atoms with Gasteiger partial charge in [0.1, 0.15) is 11.6 Å². The maximum absolute atomic E-state index is 5.64. The van der Waals surface area contributed by atoms with Gasteiger partial charge in [-0.3, -0.25) is 0 Å². The Morgan fingerprint density at radius 1 is 1.35 bits per heavy atom. The van der Waals surface area contributed by atoms with Gasteiger partial charge in [0.15, 0.2) is 0 Å². The Hall–Kier alpha value is -1.17. The molecule has 17 heavy (non-hydrogen) atoms. The molecule has 4 N–H and O–H groups in total. The summed E-state index contributed by atoms with van der Waals surface area (Å²) in [7, 11) is 1.82. The molecule has 0 atom stereocenters. The van der Waals surface area contributed by atoms with E-state index in [0.29, 0.717) is 5.95 Å². The van der Waals surface area contributed by atoms with Crippen LogP contribution in [0.4, 0.5) is 17.6 Å². The highest BCUT2D eigenvalue weighted by atomic mass is 32.2. The van der Waals surface area contributed by atoms with Crippen LogP contribution in [0.3, 0.4) is 0 Å². The SMILES string of the molecule is CNc1cc(NCC2CCSCC2)nc(N)n1. The zero-order valence-corrected chi connectivity index (χ0v) is 10.9. The maximum Gasteiger partial charge on any atom is 0.223 e. The zero-order valence-electron chi connectivity index (χ0n) is 10.1. The lowest BCUT2D eigenvalue weighted by Crippen LogP contribution is -2.20. The van der Waals surface area contributed by atoms with Gasteiger partial charge in [0, 0.05) is 19.7 Å². The number of hydrogen-bond donors (Lipinski definition) is 3. The van der Waals surface area contributed by atoms with E-state index in [2.05, 4.69) is 20.6 Å². The van der Waals surface area contributed by atoms with Gasteiger partial charge in [-0.05, 0) is 30.3 Å². The van der Waals surface area contributed by atoms with Crippen molar-refractivity contribution in [3.05, 3.63) is 6.07 Å². The molecule has 1 fully saturated rings. The van der Waals surface area contributed by atoms with Gasteiger partial charge in [0.2, 0.25) is 5.95 Å². The lowest BCUT2D eigenvalue weighted by molar-refractivity contribution is 0.515. The summed E-state index contributed by atoms with van der Waals surface area (Å²) in [6, 6.07) is 1.88. The average molecular weight is 253 g/mol. The largest absolute Gasteiger partial charge is 0.373 e. The molecule has 0 saturated carbocycles. The minimum Gasteiger partial charge on any atom is -0.373 e. The normalized spacial score (nSPS) is 16.8. The average Bonchev–Trinajstić information content (AvgIpc) is 2.37. The molecule has 0 amide bonds. The third-order valence-corrected chi connectivity index (χ3v) is 3.96. The Bertz CT molecular complexity index is 365. The number of nitrogens with two attached hydrogens (primary N) is 1. The molecular weight excluding hydrogens is 234 g/mol. The van der Waals surface area contributed by atoms with E-state index < -0.39 is 0 Å². The molecule has 0 spiro atoms. The van der Waals surface area contributed by atoms with Crippen LogP contribution in [-0.2, 0) is 0 Å². The number of nitrogens with one attached hydrogen (secondary N) is 2. The quantitative estimate of drug-likeness (QED) is 0.757. The second-order valence-corrected chi connectivity index (χ2v) is 5.41. The molecule has 1 aromatic rings. The number of anilines is 3. The van der Waals surface area contributed by atoms with Crippen molar-refractivity contribution in [2.75, 3.05) is 41.5 Å². The van der Waals surface area contributed by atoms with Gasteiger partial charge < -0.3 is 16.4 Å². The summed E-state index contributed by atoms with van der Waals surface area (Å²) < 4.78 is 0. The van der Waals surface area contributed by atoms with E-state index >= 15 is 0 Å². The fourth-order valence-corrected chi connectivity index (χ4v) is 3.09. The predicted octanol–water partition coefficient (Wildman–Crippen LogP) is 1.66. The summed E-state index contributed by atoms with van der Waals surface area (Å²) in [5, 5.41) is 6.32. The number of aromatic nitrogens is 2. The molecule has 1 aliphatic rings. The van der Waals surface area contributed by atoms with Gasteiger partial charge in [0.05, 0.1) is 0 Å². The van der Waals surface area contributed by atoms with Crippen molar-refractivity contribution in [2.24, 2.45) is 5.92 Å². The Balaban J connectivity index is 1.91. The lowest BCUT2D eigenvalue weighted by atomic mass is 10.0. The van der Waals surface area contributed by atoms with Crippen molar-refractivity contribution >= 4 is 29.3 Å². The molecule has 0 bridgehead atoms. The smallest absolute Gasteiger partial charge is 0.223 e. The van der Waals surface area contributed by atoms with E-state index in [1.165, 1.54) is 24.3 Å². The van der Waals surface area contributed by atoms with Crippen LogP contribution in [-0.4, -0.2) is 35.1 Å². The van der Waals surface area contributed by atoms with Crippen LogP contribution in [0.15, 0.2) is 6.07 Å². The van der Waals surface area contributed by atoms with E-state index in [0.717, 1.165) is 24.1 Å². The first kappa shape index (κ1) is 12.3. The van der Waals surface area contributed by atoms with Gasteiger partial charge in [-0.25, -0.2) is 0 Å². The molecule has 6 heteroatoms. The number of thioether (sulfide) groups is 1. The topological polar surface area (TPSA) is 75.9 Å². The van der Waals surface area contributed by atoms with Gasteiger partial charge in [-0.15, -0.1) is 0 Å². The highest BCUT2D eigenvalue weighted by Gasteiger charge is 2.13. The number of nitrogen functional groups attached to an aromatic ring is 1. The highest BCUT2D eigenvalue weighted by Crippen LogP contribution is 2.23. The van der Waals surface area contributed by atoms with Crippen LogP contribution in [0.5, 0.6) is 0 Å². The summed E-state index contributed by atoms with van der Waals surface area (Å²) >= 11 is 2.05. The summed E-state index contributed by atoms with van der Waals surface area (Å²) in [6.07, 6.45) is 2.58. The van der Waals surface area contributed by atoms with Crippen LogP contribution in [0.25, 0.3) is 0 Å². The van der Waals surface area contributed by atoms with E-state index in [4.69, 9.17) is 5.73 Å². The van der Waals surface area contributed by atoms with Gasteiger partial charge in [0.25, 0.3) is 0 Å². The molecule has 2 heterocycles. The van der Waals surface area contributed by atoms with Crippen molar-refractivity contribution in [1.82, 2.24) is 9.97 Å². The number of rotatable bonds is 4. The van der Waals surface area contributed by atoms with E-state index in [9.17, 15) is 0 Å². The summed E-state index contributed by atoms with van der Waals surface area (Å²) in [5.74, 6) is 5.17. The zero-order chi connectivity index (χ0) is 12.1. The summed E-state index contributed by atoms with van der Waals surface area (Å²) in [5.41, 5.74) is 5.64. The molecule has 1 aromatic heterocycles. The second-order valence-electron chi connectivity index (χ2n) is 4.18. The lowest BCUT2D eigenvalue weighted by Gasteiger charge is -2.21. The van der Waals surface area contributed by atoms with E-state index in [-0.39, 0.29) is 0 Å².